The fourth-order valence-corrected chi connectivity index (χ4v) is 4.70. The highest BCUT2D eigenvalue weighted by Gasteiger charge is 2.38. The minimum absolute atomic E-state index is 0.0186. The summed E-state index contributed by atoms with van der Waals surface area (Å²) in [5, 5.41) is 17.0. The summed E-state index contributed by atoms with van der Waals surface area (Å²) in [6.07, 6.45) is -2.06. The number of hydrogen-bond donors (Lipinski definition) is 3. The van der Waals surface area contributed by atoms with E-state index in [4.69, 9.17) is 9.90 Å². The molecule has 2 aromatic carbocycles. The van der Waals surface area contributed by atoms with Gasteiger partial charge in [-0.25, -0.2) is 27.4 Å². The number of carbonyl (C=O) groups is 2. The van der Waals surface area contributed by atoms with Gasteiger partial charge < -0.3 is 15.1 Å². The van der Waals surface area contributed by atoms with Crippen molar-refractivity contribution in [3.63, 3.8) is 0 Å². The third-order valence-corrected chi connectivity index (χ3v) is 6.85. The monoisotopic (exact) mass is 585 g/mol. The van der Waals surface area contributed by atoms with E-state index in [0.717, 1.165) is 24.5 Å². The van der Waals surface area contributed by atoms with Crippen molar-refractivity contribution in [2.45, 2.75) is 44.3 Å². The van der Waals surface area contributed by atoms with Crippen LogP contribution in [-0.2, 0) is 21.4 Å². The maximum atomic E-state index is 13.6. The third kappa shape index (κ3) is 9.22. The van der Waals surface area contributed by atoms with E-state index in [1.807, 2.05) is 42.2 Å². The van der Waals surface area contributed by atoms with Gasteiger partial charge in [0.2, 0.25) is 0 Å². The topological polar surface area (TPSA) is 137 Å². The van der Waals surface area contributed by atoms with Crippen molar-refractivity contribution in [3.8, 4) is 0 Å². The molecule has 14 heteroatoms. The van der Waals surface area contributed by atoms with E-state index in [2.05, 4.69) is 9.71 Å². The molecule has 0 aliphatic rings. The van der Waals surface area contributed by atoms with Gasteiger partial charge in [0.15, 0.2) is 0 Å². The lowest BCUT2D eigenvalue weighted by molar-refractivity contribution is -0.192. The second-order valence-electron chi connectivity index (χ2n) is 8.48. The average molecular weight is 586 g/mol. The molecule has 1 aromatic heterocycles. The van der Waals surface area contributed by atoms with E-state index in [-0.39, 0.29) is 22.0 Å². The van der Waals surface area contributed by atoms with Gasteiger partial charge in [-0.15, -0.1) is 0 Å². The number of aromatic nitrogens is 1. The summed E-state index contributed by atoms with van der Waals surface area (Å²) in [4.78, 5) is 26.9. The summed E-state index contributed by atoms with van der Waals surface area (Å²) in [6.45, 7) is 4.64. The molecule has 0 spiro atoms. The van der Waals surface area contributed by atoms with Gasteiger partial charge in [-0.1, -0.05) is 49.7 Å². The minimum atomic E-state index is -5.08. The number of aliphatic carboxylic acids is 1. The fourth-order valence-electron chi connectivity index (χ4n) is 3.41. The van der Waals surface area contributed by atoms with Gasteiger partial charge in [0.25, 0.3) is 10.0 Å². The number of carboxylic acid groups (broad SMARTS) is 2. The number of pyridine rings is 1. The molecule has 0 fully saturated rings. The van der Waals surface area contributed by atoms with Crippen LogP contribution in [0, 0.1) is 12.7 Å². The van der Waals surface area contributed by atoms with Crippen molar-refractivity contribution in [3.05, 3.63) is 83.3 Å². The molecule has 3 rings (SSSR count). The molecule has 0 amide bonds. The number of alkyl halides is 3. The Morgan fingerprint density at radius 2 is 1.68 bits per heavy atom. The van der Waals surface area contributed by atoms with Gasteiger partial charge in [0.1, 0.15) is 17.2 Å². The number of hydrogen-bond acceptors (Lipinski definition) is 6. The van der Waals surface area contributed by atoms with E-state index in [9.17, 15) is 35.9 Å². The maximum absolute atomic E-state index is 13.6. The number of aryl methyl sites for hydroxylation is 1. The molecular weight excluding hydrogens is 558 g/mol. The van der Waals surface area contributed by atoms with Crippen LogP contribution in [0.15, 0.2) is 65.7 Å². The molecule has 0 saturated heterocycles. The molecule has 0 saturated carbocycles. The number of carboxylic acids is 2. The Labute approximate surface area is 228 Å². The van der Waals surface area contributed by atoms with Crippen molar-refractivity contribution in [1.82, 2.24) is 4.98 Å². The van der Waals surface area contributed by atoms with Crippen LogP contribution in [0.3, 0.4) is 0 Å². The van der Waals surface area contributed by atoms with Crippen LogP contribution in [0.4, 0.5) is 29.1 Å². The second-order valence-corrected chi connectivity index (χ2v) is 10.1. The third-order valence-electron chi connectivity index (χ3n) is 5.33. The molecule has 9 nitrogen and oxygen atoms in total. The zero-order valence-electron chi connectivity index (χ0n) is 21.4. The highest BCUT2D eigenvalue weighted by molar-refractivity contribution is 7.92. The molecule has 0 unspecified atom stereocenters. The molecule has 3 N–H and O–H groups in total. The van der Waals surface area contributed by atoms with Gasteiger partial charge >= 0.3 is 18.1 Å². The van der Waals surface area contributed by atoms with Crippen LogP contribution in [0.2, 0.25) is 0 Å². The molecule has 0 atom stereocenters. The van der Waals surface area contributed by atoms with E-state index >= 15 is 0 Å². The van der Waals surface area contributed by atoms with Crippen LogP contribution in [-0.4, -0.2) is 48.3 Å². The number of anilines is 2. The largest absolute Gasteiger partial charge is 0.490 e. The Balaban J connectivity index is 0.000000708. The number of aromatic carboxylic acids is 1. The maximum Gasteiger partial charge on any atom is 0.490 e. The van der Waals surface area contributed by atoms with Crippen molar-refractivity contribution < 1.29 is 45.8 Å². The van der Waals surface area contributed by atoms with Gasteiger partial charge in [0.05, 0.1) is 16.8 Å². The number of sulfonamides is 1. The van der Waals surface area contributed by atoms with E-state index < -0.39 is 34.0 Å². The normalized spacial score (nSPS) is 11.2. The van der Waals surface area contributed by atoms with E-state index in [1.165, 1.54) is 24.4 Å². The fraction of sp³-hybridized carbons (Fsp3) is 0.269. The number of benzene rings is 2. The van der Waals surface area contributed by atoms with Crippen LogP contribution < -0.4 is 9.62 Å². The molecule has 0 bridgehead atoms. The Morgan fingerprint density at radius 3 is 2.23 bits per heavy atom. The molecule has 3 aromatic rings. The van der Waals surface area contributed by atoms with Crippen LogP contribution in [0.5, 0.6) is 0 Å². The molecule has 216 valence electrons. The number of unbranched alkanes of at least 4 members (excludes halogenated alkanes) is 1. The van der Waals surface area contributed by atoms with Gasteiger partial charge in [-0.3, -0.25) is 4.72 Å². The predicted molar refractivity (Wildman–Crippen MR) is 139 cm³/mol. The van der Waals surface area contributed by atoms with Crippen molar-refractivity contribution in [1.29, 1.82) is 0 Å². The first kappa shape index (κ1) is 32.0. The summed E-state index contributed by atoms with van der Waals surface area (Å²) in [5.74, 6) is -4.42. The Hall–Kier alpha value is -4.20. The lowest BCUT2D eigenvalue weighted by atomic mass is 10.1. The molecular formula is C26H27F4N3O6S. The lowest BCUT2D eigenvalue weighted by Crippen LogP contribution is -2.27. The Morgan fingerprint density at radius 1 is 1.05 bits per heavy atom. The highest BCUT2D eigenvalue weighted by atomic mass is 32.2. The van der Waals surface area contributed by atoms with E-state index in [1.54, 1.807) is 6.92 Å². The van der Waals surface area contributed by atoms with Crippen LogP contribution in [0.25, 0.3) is 0 Å². The molecule has 40 heavy (non-hydrogen) atoms. The Bertz CT molecular complexity index is 1430. The highest BCUT2D eigenvalue weighted by Crippen LogP contribution is 2.26. The van der Waals surface area contributed by atoms with Gasteiger partial charge in [0, 0.05) is 13.1 Å². The van der Waals surface area contributed by atoms with Crippen molar-refractivity contribution >= 4 is 33.5 Å². The summed E-state index contributed by atoms with van der Waals surface area (Å²) in [7, 11) is -4.14. The average Bonchev–Trinajstić information content (AvgIpc) is 2.88. The van der Waals surface area contributed by atoms with Crippen LogP contribution >= 0.6 is 0 Å². The molecule has 0 radical (unpaired) electrons. The smallest absolute Gasteiger partial charge is 0.478 e. The van der Waals surface area contributed by atoms with Gasteiger partial charge in [-0.05, 0) is 42.7 Å². The summed E-state index contributed by atoms with van der Waals surface area (Å²) < 4.78 is 73.3. The van der Waals surface area contributed by atoms with E-state index in [0.29, 0.717) is 18.7 Å². The minimum Gasteiger partial charge on any atom is -0.478 e. The number of nitrogens with zero attached hydrogens (tertiary/aromatic N) is 2. The standard InChI is InChI=1S/C24H26FN3O4S.C2HF3O2/c1-3-4-12-28(16-18-8-6-5-7-9-18)23-21(24(29)30)14-20(15-26-23)27-33(31,32)22-13-19(25)11-10-17(22)2;3-2(4,5)1(6)7/h5-11,13-15,27H,3-4,12,16H2,1-2H3,(H,29,30);(H,6,7). The predicted octanol–water partition coefficient (Wildman–Crippen LogP) is 5.47. The van der Waals surface area contributed by atoms with Gasteiger partial charge in [-0.2, -0.15) is 13.2 Å². The van der Waals surface area contributed by atoms with Crippen molar-refractivity contribution in [2.75, 3.05) is 16.2 Å². The SMILES string of the molecule is CCCCN(Cc1ccccc1)c1ncc(NS(=O)(=O)c2cc(F)ccc2C)cc1C(=O)O.O=C(O)C(F)(F)F. The zero-order valence-corrected chi connectivity index (χ0v) is 22.3. The number of halogens is 4. The quantitative estimate of drug-likeness (QED) is 0.267. The lowest BCUT2D eigenvalue weighted by Gasteiger charge is -2.25. The summed E-state index contributed by atoms with van der Waals surface area (Å²) in [5.41, 5.74) is 1.21. The van der Waals surface area contributed by atoms with Crippen molar-refractivity contribution in [2.24, 2.45) is 0 Å². The number of nitrogens with one attached hydrogen (secondary N) is 1. The zero-order chi connectivity index (χ0) is 30.1. The molecule has 0 aliphatic heterocycles. The number of rotatable bonds is 10. The molecule has 1 heterocycles. The Kier molecular flexibility index (Phi) is 11.0. The summed E-state index contributed by atoms with van der Waals surface area (Å²) >= 11 is 0. The van der Waals surface area contributed by atoms with Crippen LogP contribution in [0.1, 0.15) is 41.3 Å². The summed E-state index contributed by atoms with van der Waals surface area (Å²) in [6, 6.07) is 14.3. The second kappa shape index (κ2) is 13.7. The first-order valence-electron chi connectivity index (χ1n) is 11.8. The first-order chi connectivity index (χ1) is 18.7. The molecule has 0 aliphatic carbocycles. The first-order valence-corrected chi connectivity index (χ1v) is 13.2.